The van der Waals surface area contributed by atoms with E-state index in [1.165, 1.54) is 6.07 Å². The number of carbonyl (C=O) groups excluding carboxylic acids is 2. The third-order valence-corrected chi connectivity index (χ3v) is 4.66. The number of rotatable bonds is 3. The van der Waals surface area contributed by atoms with Crippen LogP contribution in [-0.4, -0.2) is 52.8 Å². The molecule has 0 bridgehead atoms. The van der Waals surface area contributed by atoms with Gasteiger partial charge in [-0.25, -0.2) is 14.0 Å². The molecule has 7 heteroatoms. The van der Waals surface area contributed by atoms with Crippen LogP contribution in [-0.2, 0) is 22.5 Å². The van der Waals surface area contributed by atoms with Gasteiger partial charge >= 0.3 is 12.2 Å². The van der Waals surface area contributed by atoms with Crippen molar-refractivity contribution in [3.8, 4) is 0 Å². The summed E-state index contributed by atoms with van der Waals surface area (Å²) in [6, 6.07) is 4.46. The van der Waals surface area contributed by atoms with Crippen LogP contribution in [0.2, 0.25) is 0 Å². The van der Waals surface area contributed by atoms with Crippen LogP contribution in [0.25, 0.3) is 0 Å². The maximum Gasteiger partial charge on any atom is 0.410 e. The van der Waals surface area contributed by atoms with Crippen molar-refractivity contribution in [2.45, 2.75) is 72.3 Å². The monoisotopic (exact) mass is 394 g/mol. The Morgan fingerprint density at radius 3 is 2.25 bits per heavy atom. The zero-order valence-electron chi connectivity index (χ0n) is 17.6. The number of halogens is 1. The van der Waals surface area contributed by atoms with Crippen molar-refractivity contribution in [2.24, 2.45) is 0 Å². The smallest absolute Gasteiger partial charge is 0.410 e. The van der Waals surface area contributed by atoms with Crippen LogP contribution < -0.4 is 0 Å². The number of ether oxygens (including phenoxy) is 2. The first-order chi connectivity index (χ1) is 13.0. The summed E-state index contributed by atoms with van der Waals surface area (Å²) in [5.41, 5.74) is 0.670. The fraction of sp³-hybridized carbons (Fsp3) is 0.619. The highest BCUT2D eigenvalue weighted by atomic mass is 19.1. The van der Waals surface area contributed by atoms with Crippen LogP contribution in [0.4, 0.5) is 14.0 Å². The highest BCUT2D eigenvalue weighted by Crippen LogP contribution is 2.21. The number of benzene rings is 1. The molecule has 1 aromatic rings. The van der Waals surface area contributed by atoms with Crippen molar-refractivity contribution < 1.29 is 23.5 Å². The van der Waals surface area contributed by atoms with E-state index in [0.717, 1.165) is 12.0 Å². The van der Waals surface area contributed by atoms with Gasteiger partial charge in [-0.1, -0.05) is 19.1 Å². The van der Waals surface area contributed by atoms with Crippen molar-refractivity contribution in [2.75, 3.05) is 13.1 Å². The number of amides is 2. The summed E-state index contributed by atoms with van der Waals surface area (Å²) in [5, 5.41) is 0. The van der Waals surface area contributed by atoms with E-state index in [2.05, 4.69) is 0 Å². The third-order valence-electron chi connectivity index (χ3n) is 4.66. The fourth-order valence-electron chi connectivity index (χ4n) is 3.30. The lowest BCUT2D eigenvalue weighted by Crippen LogP contribution is -2.60. The molecule has 1 aliphatic heterocycles. The average Bonchev–Trinajstić information content (AvgIpc) is 2.58. The largest absolute Gasteiger partial charge is 0.444 e. The molecule has 0 radical (unpaired) electrons. The van der Waals surface area contributed by atoms with Crippen LogP contribution in [0.15, 0.2) is 18.2 Å². The molecule has 0 aliphatic carbocycles. The second-order valence-electron chi connectivity index (χ2n) is 8.32. The molecule has 0 saturated carbocycles. The predicted molar refractivity (Wildman–Crippen MR) is 105 cm³/mol. The molecule has 1 heterocycles. The van der Waals surface area contributed by atoms with Gasteiger partial charge in [-0.15, -0.1) is 0 Å². The van der Waals surface area contributed by atoms with Gasteiger partial charge in [0.1, 0.15) is 18.0 Å². The molecular weight excluding hydrogens is 363 g/mol. The summed E-state index contributed by atoms with van der Waals surface area (Å²) in [6.07, 6.45) is -0.159. The van der Waals surface area contributed by atoms with Gasteiger partial charge in [-0.2, -0.15) is 0 Å². The topological polar surface area (TPSA) is 59.1 Å². The number of aryl methyl sites for hydroxylation is 1. The van der Waals surface area contributed by atoms with Crippen molar-refractivity contribution >= 4 is 12.2 Å². The van der Waals surface area contributed by atoms with E-state index in [1.54, 1.807) is 15.9 Å². The number of hydrogen-bond donors (Lipinski definition) is 0. The molecule has 0 N–H and O–H groups in total. The predicted octanol–water partition coefficient (Wildman–Crippen LogP) is 4.35. The van der Waals surface area contributed by atoms with E-state index in [0.29, 0.717) is 18.7 Å². The lowest BCUT2D eigenvalue weighted by atomic mass is 10.1. The first-order valence-corrected chi connectivity index (χ1v) is 9.72. The molecule has 2 rings (SSSR count). The van der Waals surface area contributed by atoms with E-state index in [1.807, 2.05) is 47.6 Å². The van der Waals surface area contributed by atoms with Gasteiger partial charge in [-0.3, -0.25) is 4.90 Å². The molecule has 2 atom stereocenters. The minimum absolute atomic E-state index is 0.125. The third kappa shape index (κ3) is 5.59. The molecule has 28 heavy (non-hydrogen) atoms. The van der Waals surface area contributed by atoms with Crippen molar-refractivity contribution in [3.05, 3.63) is 35.1 Å². The van der Waals surface area contributed by atoms with Crippen LogP contribution in [0.5, 0.6) is 0 Å². The van der Waals surface area contributed by atoms with Gasteiger partial charge in [0, 0.05) is 18.7 Å². The highest BCUT2D eigenvalue weighted by molar-refractivity contribution is 5.71. The van der Waals surface area contributed by atoms with Crippen LogP contribution >= 0.6 is 0 Å². The average molecular weight is 394 g/mol. The number of nitrogens with zero attached hydrogens (tertiary/aromatic N) is 2. The van der Waals surface area contributed by atoms with E-state index < -0.39 is 17.8 Å². The van der Waals surface area contributed by atoms with Gasteiger partial charge < -0.3 is 14.4 Å². The van der Waals surface area contributed by atoms with Crippen molar-refractivity contribution in [3.63, 3.8) is 0 Å². The zero-order chi connectivity index (χ0) is 21.1. The maximum absolute atomic E-state index is 14.1. The summed E-state index contributed by atoms with van der Waals surface area (Å²) in [5.74, 6) is -0.372. The summed E-state index contributed by atoms with van der Waals surface area (Å²) in [6.45, 7) is 11.7. The van der Waals surface area contributed by atoms with Gasteiger partial charge in [0.2, 0.25) is 0 Å². The van der Waals surface area contributed by atoms with Gasteiger partial charge in [0.25, 0.3) is 0 Å². The molecule has 0 aromatic heterocycles. The summed E-state index contributed by atoms with van der Waals surface area (Å²) in [4.78, 5) is 28.1. The first-order valence-electron chi connectivity index (χ1n) is 9.72. The molecule has 1 aromatic carbocycles. The van der Waals surface area contributed by atoms with Crippen molar-refractivity contribution in [1.82, 2.24) is 9.80 Å². The molecular formula is C21H31FN2O4. The molecule has 1 aliphatic rings. The summed E-state index contributed by atoms with van der Waals surface area (Å²) < 4.78 is 24.9. The number of hydrogen-bond acceptors (Lipinski definition) is 4. The Balaban J connectivity index is 1.96. The number of piperazine rings is 1. The van der Waals surface area contributed by atoms with Crippen LogP contribution in [0.3, 0.4) is 0 Å². The van der Waals surface area contributed by atoms with E-state index in [-0.39, 0.29) is 24.5 Å². The fourth-order valence-corrected chi connectivity index (χ4v) is 3.30. The quantitative estimate of drug-likeness (QED) is 0.765. The minimum Gasteiger partial charge on any atom is -0.444 e. The Morgan fingerprint density at radius 1 is 1.14 bits per heavy atom. The maximum atomic E-state index is 14.1. The summed E-state index contributed by atoms with van der Waals surface area (Å²) >= 11 is 0. The van der Waals surface area contributed by atoms with Crippen LogP contribution in [0.1, 0.15) is 52.7 Å². The normalized spacial score (nSPS) is 20.1. The van der Waals surface area contributed by atoms with Gasteiger partial charge in [0.05, 0.1) is 12.1 Å². The minimum atomic E-state index is -0.572. The highest BCUT2D eigenvalue weighted by Gasteiger charge is 2.37. The Kier molecular flexibility index (Phi) is 6.91. The standard InChI is InChI=1S/C21H31FN2O4/c1-7-16-8-9-17(18(22)10-16)13-27-20(26)24-14(2)11-23(12-15(24)3)19(25)28-21(4,5)6/h8-10,14-15H,7,11-13H2,1-6H3/t14-,15+. The zero-order valence-corrected chi connectivity index (χ0v) is 17.6. The molecule has 2 amide bonds. The van der Waals surface area contributed by atoms with E-state index in [9.17, 15) is 14.0 Å². The molecule has 0 unspecified atom stereocenters. The van der Waals surface area contributed by atoms with E-state index in [4.69, 9.17) is 9.47 Å². The molecule has 0 spiro atoms. The van der Waals surface area contributed by atoms with Gasteiger partial charge in [0.15, 0.2) is 0 Å². The lowest BCUT2D eigenvalue weighted by molar-refractivity contribution is -0.00983. The lowest BCUT2D eigenvalue weighted by Gasteiger charge is -2.43. The first kappa shape index (κ1) is 22.0. The second-order valence-corrected chi connectivity index (χ2v) is 8.32. The van der Waals surface area contributed by atoms with Crippen molar-refractivity contribution in [1.29, 1.82) is 0 Å². The Morgan fingerprint density at radius 2 is 1.75 bits per heavy atom. The molecule has 1 saturated heterocycles. The molecule has 6 nitrogen and oxygen atoms in total. The molecule has 1 fully saturated rings. The summed E-state index contributed by atoms with van der Waals surface area (Å²) in [7, 11) is 0. The van der Waals surface area contributed by atoms with Crippen LogP contribution in [0, 0.1) is 5.82 Å². The van der Waals surface area contributed by atoms with Gasteiger partial charge in [-0.05, 0) is 52.7 Å². The Labute approximate surface area is 166 Å². The molecule has 156 valence electrons. The second kappa shape index (κ2) is 8.80. The van der Waals surface area contributed by atoms with E-state index >= 15 is 0 Å². The SMILES string of the molecule is CCc1ccc(COC(=O)N2[C@H](C)CN(C(=O)OC(C)(C)C)C[C@@H]2C)c(F)c1. The number of carbonyl (C=O) groups is 2. The Hall–Kier alpha value is -2.31. The Bertz CT molecular complexity index is 705.